The molecule has 1 N–H and O–H groups in total. The molecule has 3 aromatic rings. The zero-order valence-electron chi connectivity index (χ0n) is 15.7. The van der Waals surface area contributed by atoms with Crippen LogP contribution in [-0.2, 0) is 13.0 Å². The molecule has 0 spiro atoms. The van der Waals surface area contributed by atoms with Crippen molar-refractivity contribution in [1.29, 1.82) is 0 Å². The molecule has 1 aliphatic heterocycles. The number of nitrogens with zero attached hydrogens (tertiary/aromatic N) is 3. The molecule has 0 bridgehead atoms. The highest BCUT2D eigenvalue weighted by Crippen LogP contribution is 2.44. The van der Waals surface area contributed by atoms with Gasteiger partial charge in [-0.25, -0.2) is 13.2 Å². The number of carbonyl (C=O) groups excluding carboxylic acids is 1. The van der Waals surface area contributed by atoms with Crippen molar-refractivity contribution >= 4 is 11.6 Å². The van der Waals surface area contributed by atoms with Gasteiger partial charge in [-0.05, 0) is 36.8 Å². The number of hydrogen-bond acceptors (Lipinski definition) is 4. The van der Waals surface area contributed by atoms with E-state index in [4.69, 9.17) is 4.74 Å². The predicted octanol–water partition coefficient (Wildman–Crippen LogP) is 4.06. The molecule has 3 heterocycles. The van der Waals surface area contributed by atoms with E-state index in [9.17, 15) is 18.0 Å². The van der Waals surface area contributed by atoms with Crippen LogP contribution >= 0.6 is 0 Å². The normalized spacial score (nSPS) is 14.8. The van der Waals surface area contributed by atoms with Gasteiger partial charge < -0.3 is 10.1 Å². The van der Waals surface area contributed by atoms with Gasteiger partial charge in [0.1, 0.15) is 5.75 Å². The zero-order valence-corrected chi connectivity index (χ0v) is 15.7. The number of fused-ring (bicyclic) bond motifs is 1. The number of carbonyl (C=O) groups is 1. The van der Waals surface area contributed by atoms with Crippen LogP contribution in [0.15, 0.2) is 36.7 Å². The Hall–Kier alpha value is -3.36. The van der Waals surface area contributed by atoms with Gasteiger partial charge >= 0.3 is 0 Å². The Bertz CT molecular complexity index is 1110. The molecule has 0 aliphatic carbocycles. The number of hydrogen-bond donors (Lipinski definition) is 1. The van der Waals surface area contributed by atoms with Crippen molar-refractivity contribution in [2.45, 2.75) is 19.3 Å². The van der Waals surface area contributed by atoms with Crippen LogP contribution in [0.1, 0.15) is 28.0 Å². The maximum atomic E-state index is 14.3. The van der Waals surface area contributed by atoms with Crippen molar-refractivity contribution in [2.75, 3.05) is 11.9 Å². The molecule has 1 aliphatic rings. The molecule has 4 rings (SSSR count). The Balaban J connectivity index is 1.70. The highest BCUT2D eigenvalue weighted by Gasteiger charge is 2.38. The Kier molecular flexibility index (Phi) is 4.52. The quantitative estimate of drug-likeness (QED) is 0.718. The van der Waals surface area contributed by atoms with Gasteiger partial charge in [-0.2, -0.15) is 5.10 Å². The Labute approximate surface area is 164 Å². The maximum Gasteiger partial charge on any atom is 0.280 e. The van der Waals surface area contributed by atoms with Crippen molar-refractivity contribution in [3.8, 4) is 17.0 Å². The molecular weight excluding hydrogens is 385 g/mol. The molecule has 1 amide bonds. The first kappa shape index (κ1) is 19.0. The van der Waals surface area contributed by atoms with E-state index in [-0.39, 0.29) is 35.7 Å². The van der Waals surface area contributed by atoms with Crippen molar-refractivity contribution in [3.63, 3.8) is 0 Å². The molecule has 0 radical (unpaired) electrons. The van der Waals surface area contributed by atoms with Crippen LogP contribution in [-0.4, -0.2) is 27.3 Å². The van der Waals surface area contributed by atoms with Crippen molar-refractivity contribution < 1.29 is 22.7 Å². The number of pyridine rings is 1. The third-order valence-corrected chi connectivity index (χ3v) is 4.80. The van der Waals surface area contributed by atoms with Crippen molar-refractivity contribution in [2.24, 2.45) is 7.05 Å². The largest absolute Gasteiger partial charge is 0.493 e. The summed E-state index contributed by atoms with van der Waals surface area (Å²) in [7, 11) is 1.60. The molecule has 1 aromatic carbocycles. The van der Waals surface area contributed by atoms with E-state index in [1.165, 1.54) is 29.1 Å². The summed E-state index contributed by atoms with van der Waals surface area (Å²) < 4.78 is 49.2. The molecule has 6 nitrogen and oxygen atoms in total. The van der Waals surface area contributed by atoms with E-state index >= 15 is 0 Å². The average Bonchev–Trinajstić information content (AvgIpc) is 3.04. The number of aryl methyl sites for hydroxylation is 2. The SMILES string of the molecule is Cc1cc2c(cc1-c1cc(C(=O)Nc3ccncc3F)nn1C)C(F)(F)CCO2. The van der Waals surface area contributed by atoms with Crippen LogP contribution in [0.4, 0.5) is 18.9 Å². The first-order valence-electron chi connectivity index (χ1n) is 8.87. The third-order valence-electron chi connectivity index (χ3n) is 4.80. The second-order valence-corrected chi connectivity index (χ2v) is 6.81. The van der Waals surface area contributed by atoms with Crippen molar-refractivity contribution in [3.05, 3.63) is 59.3 Å². The predicted molar refractivity (Wildman–Crippen MR) is 99.5 cm³/mol. The van der Waals surface area contributed by atoms with Crippen LogP contribution in [0, 0.1) is 12.7 Å². The van der Waals surface area contributed by atoms with E-state index in [1.807, 2.05) is 0 Å². The highest BCUT2D eigenvalue weighted by molar-refractivity contribution is 6.03. The van der Waals surface area contributed by atoms with Gasteiger partial charge in [0.2, 0.25) is 0 Å². The van der Waals surface area contributed by atoms with Crippen LogP contribution in [0.5, 0.6) is 5.75 Å². The molecule has 29 heavy (non-hydrogen) atoms. The summed E-state index contributed by atoms with van der Waals surface area (Å²) in [6.07, 6.45) is 1.94. The van der Waals surface area contributed by atoms with Crippen LogP contribution in [0.2, 0.25) is 0 Å². The van der Waals surface area contributed by atoms with Crippen LogP contribution < -0.4 is 10.1 Å². The summed E-state index contributed by atoms with van der Waals surface area (Å²) in [5.74, 6) is -4.13. The fourth-order valence-electron chi connectivity index (χ4n) is 3.28. The second kappa shape index (κ2) is 6.91. The molecule has 0 fully saturated rings. The van der Waals surface area contributed by atoms with Crippen LogP contribution in [0.25, 0.3) is 11.3 Å². The molecule has 150 valence electrons. The molecule has 0 saturated carbocycles. The van der Waals surface area contributed by atoms with E-state index in [0.29, 0.717) is 16.8 Å². The molecule has 0 unspecified atom stereocenters. The Morgan fingerprint density at radius 3 is 2.86 bits per heavy atom. The molecule has 0 saturated heterocycles. The number of anilines is 1. The van der Waals surface area contributed by atoms with Gasteiger partial charge in [0.05, 0.1) is 36.2 Å². The summed E-state index contributed by atoms with van der Waals surface area (Å²) in [6, 6.07) is 5.75. The van der Waals surface area contributed by atoms with Gasteiger partial charge in [0, 0.05) is 18.8 Å². The second-order valence-electron chi connectivity index (χ2n) is 6.81. The smallest absolute Gasteiger partial charge is 0.280 e. The monoisotopic (exact) mass is 402 g/mol. The standard InChI is InChI=1S/C20H17F3N4O2/c1-11-7-18-13(20(22,23)4-6-29-18)8-12(11)17-9-16(26-27(17)2)19(28)25-15-3-5-24-10-14(15)21/h3,5,7-10H,4,6H2,1-2H3,(H,24,25,28). The number of halogens is 3. The lowest BCUT2D eigenvalue weighted by Crippen LogP contribution is -2.24. The van der Waals surface area contributed by atoms with Gasteiger partial charge in [0.25, 0.3) is 11.8 Å². The first-order chi connectivity index (χ1) is 13.8. The topological polar surface area (TPSA) is 69.0 Å². The van der Waals surface area contributed by atoms with Gasteiger partial charge in [0.15, 0.2) is 11.5 Å². The number of nitrogens with one attached hydrogen (secondary N) is 1. The van der Waals surface area contributed by atoms with Gasteiger partial charge in [-0.3, -0.25) is 14.5 Å². The van der Waals surface area contributed by atoms with E-state index in [2.05, 4.69) is 15.4 Å². The Morgan fingerprint density at radius 2 is 2.10 bits per heavy atom. The number of amides is 1. The fraction of sp³-hybridized carbons (Fsp3) is 0.250. The minimum Gasteiger partial charge on any atom is -0.493 e. The average molecular weight is 402 g/mol. The van der Waals surface area contributed by atoms with Gasteiger partial charge in [-0.1, -0.05) is 0 Å². The number of ether oxygens (including phenoxy) is 1. The summed E-state index contributed by atoms with van der Waals surface area (Å²) in [6.45, 7) is 1.73. The lowest BCUT2D eigenvalue weighted by Gasteiger charge is -2.26. The fourth-order valence-corrected chi connectivity index (χ4v) is 3.28. The minimum absolute atomic E-state index is 0.0267. The minimum atomic E-state index is -2.99. The number of rotatable bonds is 3. The molecular formula is C20H17F3N4O2. The van der Waals surface area contributed by atoms with Crippen molar-refractivity contribution in [1.82, 2.24) is 14.8 Å². The number of aromatic nitrogens is 3. The highest BCUT2D eigenvalue weighted by atomic mass is 19.3. The van der Waals surface area contributed by atoms with E-state index in [0.717, 1.165) is 6.20 Å². The lowest BCUT2D eigenvalue weighted by molar-refractivity contribution is -0.0404. The van der Waals surface area contributed by atoms with E-state index < -0.39 is 17.6 Å². The van der Waals surface area contributed by atoms with E-state index in [1.54, 1.807) is 20.0 Å². The van der Waals surface area contributed by atoms with Crippen LogP contribution in [0.3, 0.4) is 0 Å². The first-order valence-corrected chi connectivity index (χ1v) is 8.87. The summed E-state index contributed by atoms with van der Waals surface area (Å²) in [5.41, 5.74) is 1.51. The lowest BCUT2D eigenvalue weighted by atomic mass is 9.95. The summed E-state index contributed by atoms with van der Waals surface area (Å²) >= 11 is 0. The number of alkyl halides is 2. The molecule has 0 atom stereocenters. The zero-order chi connectivity index (χ0) is 20.8. The third kappa shape index (κ3) is 3.43. The summed E-state index contributed by atoms with van der Waals surface area (Å²) in [5, 5.41) is 6.58. The van der Waals surface area contributed by atoms with Gasteiger partial charge in [-0.15, -0.1) is 0 Å². The molecule has 2 aromatic heterocycles. The Morgan fingerprint density at radius 1 is 1.31 bits per heavy atom. The maximum absolute atomic E-state index is 14.3. The summed E-state index contributed by atoms with van der Waals surface area (Å²) in [4.78, 5) is 16.1. The number of benzene rings is 1. The molecule has 9 heteroatoms.